The Bertz CT molecular complexity index is 1530. The highest BCUT2D eigenvalue weighted by molar-refractivity contribution is 5.90. The van der Waals surface area contributed by atoms with Gasteiger partial charge in [-0.05, 0) is 35.6 Å². The Morgan fingerprint density at radius 1 is 1.03 bits per heavy atom. The van der Waals surface area contributed by atoms with Gasteiger partial charge in [0.05, 0.1) is 38.4 Å². The predicted molar refractivity (Wildman–Crippen MR) is 131 cm³/mol. The first-order chi connectivity index (χ1) is 17.0. The van der Waals surface area contributed by atoms with Crippen molar-refractivity contribution in [2.45, 2.75) is 24.9 Å². The van der Waals surface area contributed by atoms with Crippen LogP contribution in [-0.2, 0) is 11.2 Å². The van der Waals surface area contributed by atoms with Crippen molar-refractivity contribution < 1.29 is 19.4 Å². The summed E-state index contributed by atoms with van der Waals surface area (Å²) in [6.45, 7) is 0.447. The standard InChI is InChI=1S/C27H25N3O5/c1-34-22-11-10-16(12-23(22)35-2)13-24(31)28-15-18-14-21(28)25-26(32)30(27(33)29(18)25)20-9-5-7-17-6-3-4-8-19(17)20/h3-12,18,21,32H,13-15H2,1-2H3. The van der Waals surface area contributed by atoms with E-state index in [0.717, 1.165) is 16.3 Å². The third-order valence-electron chi connectivity index (χ3n) is 7.19. The minimum atomic E-state index is -0.337. The van der Waals surface area contributed by atoms with Crippen LogP contribution in [0.25, 0.3) is 16.5 Å². The van der Waals surface area contributed by atoms with Gasteiger partial charge in [0.1, 0.15) is 5.69 Å². The molecule has 2 aliphatic rings. The van der Waals surface area contributed by atoms with Crippen LogP contribution in [0.3, 0.4) is 0 Å². The van der Waals surface area contributed by atoms with Crippen molar-refractivity contribution in [1.29, 1.82) is 0 Å². The number of carbonyl (C=O) groups excluding carboxylic acids is 1. The fourth-order valence-corrected chi connectivity index (χ4v) is 5.61. The average Bonchev–Trinajstić information content (AvgIpc) is 3.55. The molecule has 0 radical (unpaired) electrons. The normalized spacial score (nSPS) is 18.2. The van der Waals surface area contributed by atoms with E-state index in [4.69, 9.17) is 9.47 Å². The molecule has 0 spiro atoms. The molecule has 35 heavy (non-hydrogen) atoms. The molecule has 4 aromatic rings. The highest BCUT2D eigenvalue weighted by Crippen LogP contribution is 2.49. The van der Waals surface area contributed by atoms with Crippen LogP contribution in [0.1, 0.15) is 29.8 Å². The number of amides is 1. The SMILES string of the molecule is COc1ccc(CC(=O)N2CC3CC2c2c(O)n(-c4cccc5ccccc45)c(=O)n23)cc1OC. The van der Waals surface area contributed by atoms with E-state index >= 15 is 0 Å². The summed E-state index contributed by atoms with van der Waals surface area (Å²) in [5.74, 6) is 1.02. The zero-order valence-electron chi connectivity index (χ0n) is 19.5. The number of hydrogen-bond donors (Lipinski definition) is 1. The zero-order chi connectivity index (χ0) is 24.3. The number of rotatable bonds is 5. The Kier molecular flexibility index (Phi) is 4.84. The molecule has 6 rings (SSSR count). The number of hydrogen-bond acceptors (Lipinski definition) is 5. The number of nitrogens with zero attached hydrogens (tertiary/aromatic N) is 3. The van der Waals surface area contributed by atoms with Crippen LogP contribution in [0.15, 0.2) is 65.5 Å². The molecule has 0 saturated carbocycles. The first-order valence-electron chi connectivity index (χ1n) is 11.6. The highest BCUT2D eigenvalue weighted by Gasteiger charge is 2.49. The monoisotopic (exact) mass is 471 g/mol. The molecule has 2 aliphatic heterocycles. The summed E-state index contributed by atoms with van der Waals surface area (Å²) in [5.41, 5.74) is 1.69. The Labute approximate surface area is 201 Å². The maximum atomic E-state index is 13.5. The second kappa shape index (κ2) is 7.94. The molecule has 1 amide bonds. The van der Waals surface area contributed by atoms with Crippen molar-refractivity contribution >= 4 is 16.7 Å². The van der Waals surface area contributed by atoms with Gasteiger partial charge in [0.2, 0.25) is 11.8 Å². The summed E-state index contributed by atoms with van der Waals surface area (Å²) in [6.07, 6.45) is 0.824. The largest absolute Gasteiger partial charge is 0.493 e. The molecule has 1 N–H and O–H groups in total. The van der Waals surface area contributed by atoms with Crippen LogP contribution >= 0.6 is 0 Å². The van der Waals surface area contributed by atoms with Crippen molar-refractivity contribution in [2.24, 2.45) is 0 Å². The number of benzene rings is 3. The number of ether oxygens (including phenoxy) is 2. The van der Waals surface area contributed by atoms with Crippen molar-refractivity contribution in [2.75, 3.05) is 20.8 Å². The van der Waals surface area contributed by atoms with Gasteiger partial charge in [0.15, 0.2) is 11.5 Å². The zero-order valence-corrected chi connectivity index (χ0v) is 19.5. The van der Waals surface area contributed by atoms with E-state index in [1.807, 2.05) is 48.5 Å². The van der Waals surface area contributed by atoms with Crippen LogP contribution in [-0.4, -0.2) is 45.8 Å². The molecule has 1 saturated heterocycles. The lowest BCUT2D eigenvalue weighted by Crippen LogP contribution is -2.38. The van der Waals surface area contributed by atoms with E-state index in [9.17, 15) is 14.7 Å². The molecule has 1 fully saturated rings. The Morgan fingerprint density at radius 3 is 2.60 bits per heavy atom. The molecule has 1 aromatic heterocycles. The fourth-order valence-electron chi connectivity index (χ4n) is 5.61. The third kappa shape index (κ3) is 3.13. The molecule has 2 unspecified atom stereocenters. The summed E-state index contributed by atoms with van der Waals surface area (Å²) in [7, 11) is 3.13. The van der Waals surface area contributed by atoms with Gasteiger partial charge in [0.25, 0.3) is 0 Å². The topological polar surface area (TPSA) is 85.9 Å². The summed E-state index contributed by atoms with van der Waals surface area (Å²) >= 11 is 0. The van der Waals surface area contributed by atoms with Crippen LogP contribution in [0, 0.1) is 0 Å². The van der Waals surface area contributed by atoms with Gasteiger partial charge in [0, 0.05) is 11.9 Å². The van der Waals surface area contributed by atoms with Crippen LogP contribution in [0.4, 0.5) is 0 Å². The smallest absolute Gasteiger partial charge is 0.336 e. The second-order valence-electron chi connectivity index (χ2n) is 9.01. The van der Waals surface area contributed by atoms with E-state index in [0.29, 0.717) is 35.8 Å². The number of imidazole rings is 1. The van der Waals surface area contributed by atoms with Gasteiger partial charge in [-0.25, -0.2) is 9.36 Å². The van der Waals surface area contributed by atoms with Gasteiger partial charge >= 0.3 is 5.69 Å². The molecule has 2 atom stereocenters. The molecule has 2 bridgehead atoms. The highest BCUT2D eigenvalue weighted by atomic mass is 16.5. The van der Waals surface area contributed by atoms with E-state index in [2.05, 4.69) is 0 Å². The molecule has 3 aromatic carbocycles. The Hall–Kier alpha value is -4.20. The van der Waals surface area contributed by atoms with Crippen molar-refractivity contribution in [3.8, 4) is 23.1 Å². The molecule has 178 valence electrons. The van der Waals surface area contributed by atoms with E-state index in [1.54, 1.807) is 35.8 Å². The van der Waals surface area contributed by atoms with Gasteiger partial charge in [-0.15, -0.1) is 0 Å². The lowest BCUT2D eigenvalue weighted by molar-refractivity contribution is -0.132. The van der Waals surface area contributed by atoms with Crippen LogP contribution < -0.4 is 15.2 Å². The van der Waals surface area contributed by atoms with Gasteiger partial charge in [-0.2, -0.15) is 0 Å². The van der Waals surface area contributed by atoms with E-state index in [-0.39, 0.29) is 36.0 Å². The fraction of sp³-hybridized carbons (Fsp3) is 0.259. The van der Waals surface area contributed by atoms with Crippen molar-refractivity contribution in [1.82, 2.24) is 14.0 Å². The van der Waals surface area contributed by atoms with Crippen LogP contribution in [0.5, 0.6) is 17.4 Å². The first-order valence-corrected chi connectivity index (χ1v) is 11.6. The quantitative estimate of drug-likeness (QED) is 0.481. The van der Waals surface area contributed by atoms with Gasteiger partial charge < -0.3 is 19.5 Å². The number of aromatic hydroxyl groups is 1. The maximum absolute atomic E-state index is 13.5. The number of aromatic nitrogens is 2. The number of fused-ring (bicyclic) bond motifs is 6. The van der Waals surface area contributed by atoms with Crippen molar-refractivity contribution in [3.05, 3.63) is 82.4 Å². The number of carbonyl (C=O) groups is 1. The predicted octanol–water partition coefficient (Wildman–Crippen LogP) is 3.59. The molecule has 0 aliphatic carbocycles. The van der Waals surface area contributed by atoms with E-state index < -0.39 is 0 Å². The average molecular weight is 472 g/mol. The van der Waals surface area contributed by atoms with E-state index in [1.165, 1.54) is 4.57 Å². The number of methoxy groups -OCH3 is 2. The first kappa shape index (κ1) is 21.3. The maximum Gasteiger partial charge on any atom is 0.336 e. The summed E-state index contributed by atoms with van der Waals surface area (Å²) in [4.78, 5) is 28.5. The minimum absolute atomic E-state index is 0.0549. The molecule has 8 heteroatoms. The molecular formula is C27H25N3O5. The Morgan fingerprint density at radius 2 is 1.80 bits per heavy atom. The van der Waals surface area contributed by atoms with Gasteiger partial charge in [-0.1, -0.05) is 42.5 Å². The summed E-state index contributed by atoms with van der Waals surface area (Å²) in [6, 6.07) is 18.4. The third-order valence-corrected chi connectivity index (χ3v) is 7.19. The van der Waals surface area contributed by atoms with Crippen LogP contribution in [0.2, 0.25) is 0 Å². The van der Waals surface area contributed by atoms with Gasteiger partial charge in [-0.3, -0.25) is 9.36 Å². The molecule has 8 nitrogen and oxygen atoms in total. The Balaban J connectivity index is 1.34. The summed E-state index contributed by atoms with van der Waals surface area (Å²) in [5, 5.41) is 13.1. The molecule has 3 heterocycles. The lowest BCUT2D eigenvalue weighted by atomic mass is 10.1. The lowest BCUT2D eigenvalue weighted by Gasteiger charge is -2.28. The molecular weight excluding hydrogens is 446 g/mol. The summed E-state index contributed by atoms with van der Waals surface area (Å²) < 4.78 is 13.7. The minimum Gasteiger partial charge on any atom is -0.493 e. The number of likely N-dealkylation sites (tertiary alicyclic amines) is 1. The second-order valence-corrected chi connectivity index (χ2v) is 9.01. The van der Waals surface area contributed by atoms with Crippen molar-refractivity contribution in [3.63, 3.8) is 0 Å².